The van der Waals surface area contributed by atoms with Crippen molar-refractivity contribution < 1.29 is 22.7 Å². The number of hydrogen-bond donors (Lipinski definition) is 1. The zero-order valence-corrected chi connectivity index (χ0v) is 19.3. The van der Waals surface area contributed by atoms with E-state index in [-0.39, 0.29) is 17.3 Å². The highest BCUT2D eigenvalue weighted by atomic mass is 32.2. The average Bonchev–Trinajstić information content (AvgIpc) is 2.86. The molecule has 0 saturated carbocycles. The summed E-state index contributed by atoms with van der Waals surface area (Å²) in [5.41, 5.74) is 2.79. The van der Waals surface area contributed by atoms with Crippen LogP contribution in [0.1, 0.15) is 16.7 Å². The van der Waals surface area contributed by atoms with Gasteiger partial charge in [-0.25, -0.2) is 8.42 Å². The van der Waals surface area contributed by atoms with Gasteiger partial charge in [0.1, 0.15) is 6.04 Å². The average molecular weight is 467 g/mol. The monoisotopic (exact) mass is 466 g/mol. The number of sulfonamides is 1. The standard InChI is InChI=1S/C25H26N2O5S/c1-31-23-13-12-21(15-24(23)32-2)33(29,30)27-17-20-11-7-6-10-19(20)14-22(27)25(28)26-16-18-8-4-3-5-9-18/h3-13,15,22H,14,16-17H2,1-2H3,(H,26,28)/t22-/m0/s1. The molecule has 4 rings (SSSR count). The van der Waals surface area contributed by atoms with E-state index in [2.05, 4.69) is 5.32 Å². The van der Waals surface area contributed by atoms with Crippen LogP contribution in [-0.4, -0.2) is 38.9 Å². The van der Waals surface area contributed by atoms with Crippen molar-refractivity contribution in [2.24, 2.45) is 0 Å². The van der Waals surface area contributed by atoms with Gasteiger partial charge in [-0.1, -0.05) is 54.6 Å². The first-order valence-electron chi connectivity index (χ1n) is 10.6. The van der Waals surface area contributed by atoms with Gasteiger partial charge >= 0.3 is 0 Å². The van der Waals surface area contributed by atoms with Gasteiger partial charge in [-0.05, 0) is 35.2 Å². The minimum atomic E-state index is -4.00. The molecule has 7 nitrogen and oxygen atoms in total. The summed E-state index contributed by atoms with van der Waals surface area (Å²) in [5.74, 6) is 0.399. The van der Waals surface area contributed by atoms with Crippen LogP contribution < -0.4 is 14.8 Å². The Labute approximate surface area is 194 Å². The van der Waals surface area contributed by atoms with Gasteiger partial charge in [-0.3, -0.25) is 4.79 Å². The Morgan fingerprint density at radius 1 is 0.939 bits per heavy atom. The van der Waals surface area contributed by atoms with Crippen molar-refractivity contribution in [3.05, 3.63) is 89.5 Å². The summed E-state index contributed by atoms with van der Waals surface area (Å²) in [6, 6.07) is 20.7. The number of carbonyl (C=O) groups excluding carboxylic acids is 1. The van der Waals surface area contributed by atoms with Crippen molar-refractivity contribution in [3.8, 4) is 11.5 Å². The van der Waals surface area contributed by atoms with Gasteiger partial charge in [0.15, 0.2) is 11.5 Å². The van der Waals surface area contributed by atoms with Gasteiger partial charge in [0.05, 0.1) is 19.1 Å². The molecule has 1 aliphatic rings. The van der Waals surface area contributed by atoms with Crippen molar-refractivity contribution >= 4 is 15.9 Å². The Morgan fingerprint density at radius 2 is 1.61 bits per heavy atom. The molecule has 1 N–H and O–H groups in total. The summed E-state index contributed by atoms with van der Waals surface area (Å²) in [6.07, 6.45) is 0.295. The summed E-state index contributed by atoms with van der Waals surface area (Å²) in [4.78, 5) is 13.3. The lowest BCUT2D eigenvalue weighted by atomic mass is 9.95. The predicted octanol–water partition coefficient (Wildman–Crippen LogP) is 3.14. The molecule has 0 spiro atoms. The van der Waals surface area contributed by atoms with Crippen LogP contribution in [0, 0.1) is 0 Å². The zero-order valence-electron chi connectivity index (χ0n) is 18.5. The quantitative estimate of drug-likeness (QED) is 0.578. The minimum Gasteiger partial charge on any atom is -0.493 e. The number of rotatable bonds is 7. The number of ether oxygens (including phenoxy) is 2. The summed E-state index contributed by atoms with van der Waals surface area (Å²) in [7, 11) is -1.07. The Morgan fingerprint density at radius 3 is 2.30 bits per heavy atom. The molecule has 33 heavy (non-hydrogen) atoms. The highest BCUT2D eigenvalue weighted by Gasteiger charge is 2.39. The predicted molar refractivity (Wildman–Crippen MR) is 124 cm³/mol. The van der Waals surface area contributed by atoms with Crippen LogP contribution in [0.5, 0.6) is 11.5 Å². The van der Waals surface area contributed by atoms with E-state index in [1.54, 1.807) is 6.07 Å². The van der Waals surface area contributed by atoms with E-state index in [4.69, 9.17) is 9.47 Å². The number of benzene rings is 3. The van der Waals surface area contributed by atoms with E-state index in [9.17, 15) is 13.2 Å². The Bertz CT molecular complexity index is 1240. The fourth-order valence-corrected chi connectivity index (χ4v) is 5.57. The lowest BCUT2D eigenvalue weighted by Crippen LogP contribution is -2.52. The molecule has 8 heteroatoms. The molecular weight excluding hydrogens is 440 g/mol. The first kappa shape index (κ1) is 22.8. The van der Waals surface area contributed by atoms with Gasteiger partial charge in [0.25, 0.3) is 0 Å². The maximum Gasteiger partial charge on any atom is 0.244 e. The lowest BCUT2D eigenvalue weighted by molar-refractivity contribution is -0.125. The van der Waals surface area contributed by atoms with Gasteiger partial charge in [0.2, 0.25) is 15.9 Å². The van der Waals surface area contributed by atoms with Crippen molar-refractivity contribution in [1.82, 2.24) is 9.62 Å². The second-order valence-corrected chi connectivity index (χ2v) is 9.65. The van der Waals surface area contributed by atoms with Gasteiger partial charge in [-0.2, -0.15) is 4.31 Å². The number of nitrogens with zero attached hydrogens (tertiary/aromatic N) is 1. The molecular formula is C25H26N2O5S. The van der Waals surface area contributed by atoms with Crippen LogP contribution in [0.4, 0.5) is 0 Å². The van der Waals surface area contributed by atoms with E-state index in [0.29, 0.717) is 24.5 Å². The molecule has 0 radical (unpaired) electrons. The first-order chi connectivity index (χ1) is 15.9. The molecule has 0 aromatic heterocycles. The third kappa shape index (κ3) is 4.72. The van der Waals surface area contributed by atoms with Gasteiger partial charge < -0.3 is 14.8 Å². The smallest absolute Gasteiger partial charge is 0.244 e. The first-order valence-corrected chi connectivity index (χ1v) is 12.0. The third-order valence-corrected chi connectivity index (χ3v) is 7.63. The zero-order chi connectivity index (χ0) is 23.4. The minimum absolute atomic E-state index is 0.0420. The highest BCUT2D eigenvalue weighted by Crippen LogP contribution is 2.34. The van der Waals surface area contributed by atoms with Crippen molar-refractivity contribution in [3.63, 3.8) is 0 Å². The van der Waals surface area contributed by atoms with Crippen molar-refractivity contribution in [2.45, 2.75) is 30.4 Å². The van der Waals surface area contributed by atoms with Crippen molar-refractivity contribution in [1.29, 1.82) is 0 Å². The molecule has 0 aliphatic carbocycles. The molecule has 1 atom stereocenters. The normalized spacial score (nSPS) is 16.0. The number of amides is 1. The number of fused-ring (bicyclic) bond motifs is 1. The van der Waals surface area contributed by atoms with Crippen LogP contribution in [0.3, 0.4) is 0 Å². The fourth-order valence-electron chi connectivity index (χ4n) is 3.99. The molecule has 172 valence electrons. The van der Waals surface area contributed by atoms with E-state index < -0.39 is 16.1 Å². The molecule has 0 saturated heterocycles. The number of carbonyl (C=O) groups is 1. The topological polar surface area (TPSA) is 84.9 Å². The molecule has 1 aliphatic heterocycles. The van der Waals surface area contributed by atoms with Crippen LogP contribution in [0.2, 0.25) is 0 Å². The molecule has 1 heterocycles. The van der Waals surface area contributed by atoms with Crippen LogP contribution >= 0.6 is 0 Å². The Balaban J connectivity index is 1.67. The highest BCUT2D eigenvalue weighted by molar-refractivity contribution is 7.89. The lowest BCUT2D eigenvalue weighted by Gasteiger charge is -2.35. The number of nitrogens with one attached hydrogen (secondary N) is 1. The van der Waals surface area contributed by atoms with Gasteiger partial charge in [0, 0.05) is 19.2 Å². The van der Waals surface area contributed by atoms with E-state index in [0.717, 1.165) is 16.7 Å². The summed E-state index contributed by atoms with van der Waals surface area (Å²) in [5, 5.41) is 2.90. The molecule has 3 aromatic carbocycles. The van der Waals surface area contributed by atoms with Crippen molar-refractivity contribution in [2.75, 3.05) is 14.2 Å². The number of methoxy groups -OCH3 is 2. The SMILES string of the molecule is COc1ccc(S(=O)(=O)N2Cc3ccccc3C[C@H]2C(=O)NCc2ccccc2)cc1OC. The Hall–Kier alpha value is -3.36. The summed E-state index contributed by atoms with van der Waals surface area (Å²) in [6.45, 7) is 0.429. The van der Waals surface area contributed by atoms with Crippen LogP contribution in [0.25, 0.3) is 0 Å². The second-order valence-electron chi connectivity index (χ2n) is 7.76. The fraction of sp³-hybridized carbons (Fsp3) is 0.240. The molecule has 0 unspecified atom stereocenters. The largest absolute Gasteiger partial charge is 0.493 e. The second kappa shape index (κ2) is 9.64. The Kier molecular flexibility index (Phi) is 6.67. The van der Waals surface area contributed by atoms with Crippen LogP contribution in [-0.2, 0) is 34.3 Å². The molecule has 1 amide bonds. The van der Waals surface area contributed by atoms with E-state index in [1.807, 2.05) is 54.6 Å². The maximum atomic E-state index is 13.7. The summed E-state index contributed by atoms with van der Waals surface area (Å²) < 4.78 is 39.2. The van der Waals surface area contributed by atoms with Crippen LogP contribution in [0.15, 0.2) is 77.7 Å². The molecule has 0 fully saturated rings. The third-order valence-electron chi connectivity index (χ3n) is 5.78. The number of hydrogen-bond acceptors (Lipinski definition) is 5. The van der Waals surface area contributed by atoms with Gasteiger partial charge in [-0.15, -0.1) is 0 Å². The maximum absolute atomic E-state index is 13.7. The van der Waals surface area contributed by atoms with E-state index in [1.165, 1.54) is 30.7 Å². The molecule has 3 aromatic rings. The molecule has 0 bridgehead atoms. The van der Waals surface area contributed by atoms with E-state index >= 15 is 0 Å². The summed E-state index contributed by atoms with van der Waals surface area (Å²) >= 11 is 0.